The number of benzene rings is 1. The lowest BCUT2D eigenvalue weighted by Gasteiger charge is -2.27. The van der Waals surface area contributed by atoms with Gasteiger partial charge in [-0.05, 0) is 17.7 Å². The number of pyridine rings is 1. The lowest BCUT2D eigenvalue weighted by molar-refractivity contribution is 0.0342. The van der Waals surface area contributed by atoms with Gasteiger partial charge in [0.1, 0.15) is 5.82 Å². The SMILES string of the molecule is O=C(Nc1ccccc1CN1CCOCC1)c1cncc(F)c1. The Morgan fingerprint density at radius 2 is 2.04 bits per heavy atom. The maximum Gasteiger partial charge on any atom is 0.257 e. The molecule has 6 heteroatoms. The number of hydrogen-bond acceptors (Lipinski definition) is 4. The molecule has 1 amide bonds. The third kappa shape index (κ3) is 4.12. The van der Waals surface area contributed by atoms with Crippen LogP contribution >= 0.6 is 0 Å². The summed E-state index contributed by atoms with van der Waals surface area (Å²) >= 11 is 0. The van der Waals surface area contributed by atoms with Gasteiger partial charge in [0.25, 0.3) is 5.91 Å². The second-order valence-corrected chi connectivity index (χ2v) is 5.39. The highest BCUT2D eigenvalue weighted by Crippen LogP contribution is 2.19. The van der Waals surface area contributed by atoms with E-state index < -0.39 is 5.82 Å². The number of nitrogens with one attached hydrogen (secondary N) is 1. The van der Waals surface area contributed by atoms with Crippen LogP contribution in [-0.2, 0) is 11.3 Å². The molecule has 1 N–H and O–H groups in total. The number of aromatic nitrogens is 1. The summed E-state index contributed by atoms with van der Waals surface area (Å²) in [7, 11) is 0. The summed E-state index contributed by atoms with van der Waals surface area (Å²) in [6, 6.07) is 8.81. The molecular formula is C17H18FN3O2. The van der Waals surface area contributed by atoms with Gasteiger partial charge in [-0.15, -0.1) is 0 Å². The van der Waals surface area contributed by atoms with Crippen LogP contribution < -0.4 is 5.32 Å². The van der Waals surface area contributed by atoms with Gasteiger partial charge in [0, 0.05) is 31.5 Å². The molecule has 0 unspecified atom stereocenters. The largest absolute Gasteiger partial charge is 0.379 e. The first kappa shape index (κ1) is 15.6. The van der Waals surface area contributed by atoms with Crippen molar-refractivity contribution in [3.63, 3.8) is 0 Å². The number of nitrogens with zero attached hydrogens (tertiary/aromatic N) is 2. The number of carbonyl (C=O) groups excluding carboxylic acids is 1. The van der Waals surface area contributed by atoms with Gasteiger partial charge in [-0.1, -0.05) is 18.2 Å². The fraction of sp³-hybridized carbons (Fsp3) is 0.294. The van der Waals surface area contributed by atoms with Crippen LogP contribution in [-0.4, -0.2) is 42.1 Å². The molecule has 0 spiro atoms. The highest BCUT2D eigenvalue weighted by Gasteiger charge is 2.14. The van der Waals surface area contributed by atoms with Crippen molar-refractivity contribution in [1.29, 1.82) is 0 Å². The number of para-hydroxylation sites is 1. The average molecular weight is 315 g/mol. The van der Waals surface area contributed by atoms with E-state index in [-0.39, 0.29) is 11.5 Å². The summed E-state index contributed by atoms with van der Waals surface area (Å²) < 4.78 is 18.5. The van der Waals surface area contributed by atoms with Crippen LogP contribution in [0.3, 0.4) is 0 Å². The van der Waals surface area contributed by atoms with E-state index in [1.807, 2.05) is 24.3 Å². The molecule has 1 fully saturated rings. The quantitative estimate of drug-likeness (QED) is 0.941. The maximum atomic E-state index is 13.2. The van der Waals surface area contributed by atoms with Crippen molar-refractivity contribution in [2.45, 2.75) is 6.54 Å². The minimum Gasteiger partial charge on any atom is -0.379 e. The highest BCUT2D eigenvalue weighted by molar-refractivity contribution is 6.04. The number of amides is 1. The summed E-state index contributed by atoms with van der Waals surface area (Å²) in [6.45, 7) is 3.93. The summed E-state index contributed by atoms with van der Waals surface area (Å²) in [5.41, 5.74) is 1.95. The molecule has 5 nitrogen and oxygen atoms in total. The molecule has 1 aromatic carbocycles. The van der Waals surface area contributed by atoms with Gasteiger partial charge < -0.3 is 10.1 Å². The Hall–Kier alpha value is -2.31. The predicted molar refractivity (Wildman–Crippen MR) is 84.7 cm³/mol. The molecule has 1 aliphatic rings. The number of rotatable bonds is 4. The standard InChI is InChI=1S/C17H18FN3O2/c18-15-9-14(10-19-11-15)17(22)20-16-4-2-1-3-13(16)12-21-5-7-23-8-6-21/h1-4,9-11H,5-8,12H2,(H,20,22). The molecule has 1 saturated heterocycles. The lowest BCUT2D eigenvalue weighted by atomic mass is 10.1. The van der Waals surface area contributed by atoms with E-state index in [0.717, 1.165) is 50.3 Å². The van der Waals surface area contributed by atoms with E-state index in [2.05, 4.69) is 15.2 Å². The van der Waals surface area contributed by atoms with Crippen LogP contribution in [0.15, 0.2) is 42.7 Å². The number of carbonyl (C=O) groups is 1. The Bertz CT molecular complexity index is 687. The smallest absolute Gasteiger partial charge is 0.257 e. The first-order valence-corrected chi connectivity index (χ1v) is 7.52. The first-order valence-electron chi connectivity index (χ1n) is 7.52. The van der Waals surface area contributed by atoms with E-state index in [9.17, 15) is 9.18 Å². The Kier molecular flexibility index (Phi) is 4.95. The number of halogens is 1. The molecule has 23 heavy (non-hydrogen) atoms. The Balaban J connectivity index is 1.73. The van der Waals surface area contributed by atoms with Gasteiger partial charge in [0.2, 0.25) is 0 Å². The third-order valence-corrected chi connectivity index (χ3v) is 3.73. The molecule has 1 aromatic heterocycles. The number of anilines is 1. The molecule has 1 aliphatic heterocycles. The van der Waals surface area contributed by atoms with E-state index >= 15 is 0 Å². The summed E-state index contributed by atoms with van der Waals surface area (Å²) in [4.78, 5) is 18.2. The molecule has 0 aliphatic carbocycles. The van der Waals surface area contributed by atoms with Crippen LogP contribution in [0.1, 0.15) is 15.9 Å². The predicted octanol–water partition coefficient (Wildman–Crippen LogP) is 2.31. The van der Waals surface area contributed by atoms with Gasteiger partial charge in [-0.25, -0.2) is 4.39 Å². The lowest BCUT2D eigenvalue weighted by Crippen LogP contribution is -2.35. The molecule has 3 rings (SSSR count). The second-order valence-electron chi connectivity index (χ2n) is 5.39. The van der Waals surface area contributed by atoms with E-state index in [1.54, 1.807) is 0 Å². The summed E-state index contributed by atoms with van der Waals surface area (Å²) in [6.07, 6.45) is 2.42. The van der Waals surface area contributed by atoms with Crippen molar-refractivity contribution in [2.24, 2.45) is 0 Å². The molecule has 0 bridgehead atoms. The Labute approximate surface area is 134 Å². The van der Waals surface area contributed by atoms with Crippen LogP contribution in [0.5, 0.6) is 0 Å². The van der Waals surface area contributed by atoms with E-state index in [0.29, 0.717) is 0 Å². The van der Waals surface area contributed by atoms with Crippen LogP contribution in [0.2, 0.25) is 0 Å². The van der Waals surface area contributed by atoms with Gasteiger partial charge in [-0.3, -0.25) is 14.7 Å². The minimum absolute atomic E-state index is 0.200. The molecule has 2 aromatic rings. The van der Waals surface area contributed by atoms with Crippen LogP contribution in [0.25, 0.3) is 0 Å². The molecule has 0 saturated carbocycles. The minimum atomic E-state index is -0.528. The zero-order valence-electron chi connectivity index (χ0n) is 12.7. The summed E-state index contributed by atoms with van der Waals surface area (Å²) in [5.74, 6) is -0.898. The molecule has 0 atom stereocenters. The summed E-state index contributed by atoms with van der Waals surface area (Å²) in [5, 5.41) is 2.84. The number of ether oxygens (including phenoxy) is 1. The van der Waals surface area contributed by atoms with Gasteiger partial charge in [0.05, 0.1) is 25.0 Å². The van der Waals surface area contributed by atoms with E-state index in [4.69, 9.17) is 4.74 Å². The van der Waals surface area contributed by atoms with Crippen molar-refractivity contribution in [2.75, 3.05) is 31.6 Å². The Morgan fingerprint density at radius 1 is 1.26 bits per heavy atom. The van der Waals surface area contributed by atoms with Crippen molar-refractivity contribution in [3.05, 3.63) is 59.7 Å². The van der Waals surface area contributed by atoms with Crippen molar-refractivity contribution in [1.82, 2.24) is 9.88 Å². The molecule has 0 radical (unpaired) electrons. The van der Waals surface area contributed by atoms with Crippen molar-refractivity contribution in [3.8, 4) is 0 Å². The second kappa shape index (κ2) is 7.30. The van der Waals surface area contributed by atoms with Crippen molar-refractivity contribution >= 4 is 11.6 Å². The molecular weight excluding hydrogens is 297 g/mol. The van der Waals surface area contributed by atoms with Gasteiger partial charge >= 0.3 is 0 Å². The number of hydrogen-bond donors (Lipinski definition) is 1. The zero-order chi connectivity index (χ0) is 16.1. The highest BCUT2D eigenvalue weighted by atomic mass is 19.1. The topological polar surface area (TPSA) is 54.5 Å². The molecule has 2 heterocycles. The maximum absolute atomic E-state index is 13.2. The van der Waals surface area contributed by atoms with Crippen LogP contribution in [0, 0.1) is 5.82 Å². The number of morpholine rings is 1. The van der Waals surface area contributed by atoms with Gasteiger partial charge in [-0.2, -0.15) is 0 Å². The third-order valence-electron chi connectivity index (χ3n) is 3.73. The normalized spacial score (nSPS) is 15.3. The van der Waals surface area contributed by atoms with E-state index in [1.165, 1.54) is 12.3 Å². The average Bonchev–Trinajstić information content (AvgIpc) is 2.57. The van der Waals surface area contributed by atoms with Crippen LogP contribution in [0.4, 0.5) is 10.1 Å². The monoisotopic (exact) mass is 315 g/mol. The fourth-order valence-electron chi connectivity index (χ4n) is 2.51. The van der Waals surface area contributed by atoms with Gasteiger partial charge in [0.15, 0.2) is 0 Å². The Morgan fingerprint density at radius 3 is 2.83 bits per heavy atom. The van der Waals surface area contributed by atoms with Crippen molar-refractivity contribution < 1.29 is 13.9 Å². The zero-order valence-corrected chi connectivity index (χ0v) is 12.7. The molecule has 120 valence electrons. The first-order chi connectivity index (χ1) is 11.2. The fourth-order valence-corrected chi connectivity index (χ4v) is 2.51.